The fraction of sp³-hybridized carbons (Fsp3) is 0.740. The van der Waals surface area contributed by atoms with Crippen molar-refractivity contribution < 1.29 is 90.9 Å². The number of amides is 5. The lowest BCUT2D eigenvalue weighted by atomic mass is 9.72. The molecule has 1 aromatic carbocycles. The standard InChI is InChI=1S/C50H79N7O20S/c1-45(2,3)74-41(61)52-28-21-20-27(23-54(14)78(69,70)32-19-17-16-18-31(32)57(67)68)72-36(28)33-29(53-42(62)75-46(4,5)6)22-30(51-40(60)50(66)24-56(25-50)44(64)77-48(10,11)12)37(34(33)58)73-39-35(59)38(49(13,65)26-71-39)55(15)43(63)76-47(7,8)9/h16-20,28-30,33-39,58-59,65-66H,21-26H2,1-15H3,(H,51,60)(H,52,61)(H,53,62)/t28-,29+,30-,33?,34+,35-,36+,37+,38-,39-,49+/m1/s1. The Labute approximate surface area is 454 Å². The van der Waals surface area contributed by atoms with Crippen molar-refractivity contribution in [2.45, 2.75) is 196 Å². The van der Waals surface area contributed by atoms with Gasteiger partial charge >= 0.3 is 24.4 Å². The number of carbonyl (C=O) groups excluding carboxylic acids is 5. The number of likely N-dealkylation sites (N-methyl/N-ethyl adjacent to an activating group) is 2. The summed E-state index contributed by atoms with van der Waals surface area (Å²) in [5.41, 5.74) is -8.93. The summed E-state index contributed by atoms with van der Waals surface area (Å²) < 4.78 is 69.9. The SMILES string of the molecule is CN(C(=O)OC(C)(C)C)[C@@H]1[C@@H](O)[C@@H](O[C@H]2[C@H](NC(=O)C3(O)CN(C(=O)OC(C)(C)C)C3)C[C@H](NC(=O)OC(C)(C)C)C([C@H]3OC(CN(C)S(=O)(=O)c4ccccc4[N+](=O)[O-])=CC[C@H]3NC(=O)OC(C)(C)C)[C@@H]2O)OC[C@]1(C)O. The number of nitro benzene ring substituents is 1. The molecule has 2 saturated heterocycles. The van der Waals surface area contributed by atoms with Crippen molar-refractivity contribution in [2.75, 3.05) is 40.3 Å². The van der Waals surface area contributed by atoms with E-state index in [1.165, 1.54) is 32.2 Å². The number of sulfonamides is 1. The van der Waals surface area contributed by atoms with Crippen LogP contribution in [0.3, 0.4) is 0 Å². The van der Waals surface area contributed by atoms with Crippen LogP contribution in [0.4, 0.5) is 24.9 Å². The van der Waals surface area contributed by atoms with Crippen LogP contribution in [0.15, 0.2) is 41.0 Å². The first-order valence-electron chi connectivity index (χ1n) is 25.4. The number of β-amino-alcohol motifs (C(OH)–C–C–N with tert-alkyl or cyclic N) is 1. The van der Waals surface area contributed by atoms with Gasteiger partial charge in [0.15, 0.2) is 16.8 Å². The first-order valence-corrected chi connectivity index (χ1v) is 26.8. The zero-order chi connectivity index (χ0) is 59.1. The Morgan fingerprint density at radius 3 is 1.88 bits per heavy atom. The summed E-state index contributed by atoms with van der Waals surface area (Å²) in [5.74, 6) is -2.63. The molecule has 1 saturated carbocycles. The van der Waals surface area contributed by atoms with Gasteiger partial charge in [-0.2, -0.15) is 4.31 Å². The van der Waals surface area contributed by atoms with Crippen molar-refractivity contribution in [1.82, 2.24) is 30.1 Å². The Kier molecular flexibility index (Phi) is 18.8. The maximum Gasteiger partial charge on any atom is 0.410 e. The predicted octanol–water partition coefficient (Wildman–Crippen LogP) is 2.61. The number of ether oxygens (including phenoxy) is 7. The van der Waals surface area contributed by atoms with Crippen LogP contribution in [0.5, 0.6) is 0 Å². The summed E-state index contributed by atoms with van der Waals surface area (Å²) >= 11 is 0. The monoisotopic (exact) mass is 1130 g/mol. The first kappa shape index (κ1) is 63.2. The number of nitrogens with zero attached hydrogens (tertiary/aromatic N) is 4. The molecule has 5 amide bonds. The minimum atomic E-state index is -4.61. The molecule has 0 bridgehead atoms. The van der Waals surface area contributed by atoms with E-state index in [1.807, 2.05) is 0 Å². The second-order valence-electron chi connectivity index (χ2n) is 24.4. The van der Waals surface area contributed by atoms with Crippen molar-refractivity contribution in [2.24, 2.45) is 5.92 Å². The smallest absolute Gasteiger partial charge is 0.410 e. The first-order chi connectivity index (χ1) is 35.5. The zero-order valence-electron chi connectivity index (χ0n) is 46.9. The Balaban J connectivity index is 1.62. The van der Waals surface area contributed by atoms with Crippen molar-refractivity contribution in [3.05, 3.63) is 46.2 Å². The third-order valence-corrected chi connectivity index (χ3v) is 14.6. The number of alkyl carbamates (subject to hydrolysis) is 2. The highest BCUT2D eigenvalue weighted by Crippen LogP contribution is 2.40. The summed E-state index contributed by atoms with van der Waals surface area (Å²) in [4.78, 5) is 80.7. The number of hydrogen-bond donors (Lipinski definition) is 7. The van der Waals surface area contributed by atoms with E-state index in [4.69, 9.17) is 33.2 Å². The molecule has 1 aliphatic carbocycles. The van der Waals surface area contributed by atoms with Gasteiger partial charge < -0.3 is 79.3 Å². The molecule has 5 rings (SSSR count). The zero-order valence-corrected chi connectivity index (χ0v) is 47.7. The van der Waals surface area contributed by atoms with Crippen LogP contribution in [0.2, 0.25) is 0 Å². The van der Waals surface area contributed by atoms with Crippen molar-refractivity contribution in [3.8, 4) is 0 Å². The molecule has 3 heterocycles. The quantitative estimate of drug-likeness (QED) is 0.0848. The average Bonchev–Trinajstić information content (AvgIpc) is 3.25. The Hall–Kier alpha value is -5.62. The number of hydrogen-bond acceptors (Lipinski definition) is 20. The molecule has 0 radical (unpaired) electrons. The predicted molar refractivity (Wildman–Crippen MR) is 275 cm³/mol. The van der Waals surface area contributed by atoms with Crippen LogP contribution >= 0.6 is 0 Å². The van der Waals surface area contributed by atoms with Crippen LogP contribution < -0.4 is 16.0 Å². The molecule has 440 valence electrons. The van der Waals surface area contributed by atoms with Crippen molar-refractivity contribution in [1.29, 1.82) is 0 Å². The van der Waals surface area contributed by atoms with E-state index >= 15 is 0 Å². The maximum atomic E-state index is 14.3. The van der Waals surface area contributed by atoms with Crippen LogP contribution in [-0.4, -0.2) is 207 Å². The van der Waals surface area contributed by atoms with E-state index in [1.54, 1.807) is 83.1 Å². The van der Waals surface area contributed by atoms with Crippen molar-refractivity contribution in [3.63, 3.8) is 0 Å². The summed E-state index contributed by atoms with van der Waals surface area (Å²) in [6, 6.07) is -0.808. The molecule has 7 N–H and O–H groups in total. The minimum absolute atomic E-state index is 0.0777. The number of para-hydroxylation sites is 1. The number of aliphatic hydroxyl groups is 4. The molecule has 0 spiro atoms. The molecule has 1 unspecified atom stereocenters. The molecule has 4 aliphatic rings. The third kappa shape index (κ3) is 15.8. The molecule has 11 atom stereocenters. The fourth-order valence-electron chi connectivity index (χ4n) is 9.47. The van der Waals surface area contributed by atoms with E-state index in [0.29, 0.717) is 0 Å². The topological polar surface area (TPSA) is 354 Å². The van der Waals surface area contributed by atoms with Gasteiger partial charge in [-0.05, 0) is 115 Å². The number of nitro groups is 1. The Morgan fingerprint density at radius 1 is 0.808 bits per heavy atom. The lowest BCUT2D eigenvalue weighted by Crippen LogP contribution is -2.74. The highest BCUT2D eigenvalue weighted by atomic mass is 32.2. The van der Waals surface area contributed by atoms with E-state index in [2.05, 4.69) is 16.0 Å². The normalized spacial score (nSPS) is 28.6. The van der Waals surface area contributed by atoms with Crippen LogP contribution in [0.1, 0.15) is 103 Å². The molecule has 27 nitrogen and oxygen atoms in total. The van der Waals surface area contributed by atoms with Crippen LogP contribution in [0, 0.1) is 16.0 Å². The minimum Gasteiger partial charge on any atom is -0.491 e. The van der Waals surface area contributed by atoms with Gasteiger partial charge in [0.05, 0.1) is 55.4 Å². The summed E-state index contributed by atoms with van der Waals surface area (Å²) in [6.07, 6.45) is -11.9. The lowest BCUT2D eigenvalue weighted by Gasteiger charge is -2.52. The largest absolute Gasteiger partial charge is 0.491 e. The fourth-order valence-corrected chi connectivity index (χ4v) is 10.8. The lowest BCUT2D eigenvalue weighted by molar-refractivity contribution is -0.387. The highest BCUT2D eigenvalue weighted by molar-refractivity contribution is 7.89. The number of carbonyl (C=O) groups is 5. The number of benzene rings is 1. The van der Waals surface area contributed by atoms with Gasteiger partial charge in [-0.25, -0.2) is 27.6 Å². The summed E-state index contributed by atoms with van der Waals surface area (Å²) in [7, 11) is -2.19. The van der Waals surface area contributed by atoms with E-state index < -0.39 is 183 Å². The molecular formula is C50H79N7O20S. The van der Waals surface area contributed by atoms with Gasteiger partial charge in [-0.1, -0.05) is 12.1 Å². The van der Waals surface area contributed by atoms with Gasteiger partial charge in [0, 0.05) is 32.1 Å². The van der Waals surface area contributed by atoms with E-state index in [0.717, 1.165) is 33.3 Å². The van der Waals surface area contributed by atoms with E-state index in [9.17, 15) is 62.9 Å². The molecule has 3 aliphatic heterocycles. The molecule has 3 fully saturated rings. The molecule has 28 heteroatoms. The summed E-state index contributed by atoms with van der Waals surface area (Å²) in [6.45, 7) is 18.4. The maximum absolute atomic E-state index is 14.3. The molecule has 0 aromatic heterocycles. The molecule has 78 heavy (non-hydrogen) atoms. The highest BCUT2D eigenvalue weighted by Gasteiger charge is 2.58. The second kappa shape index (κ2) is 23.2. The third-order valence-electron chi connectivity index (χ3n) is 12.8. The number of rotatable bonds is 13. The van der Waals surface area contributed by atoms with Gasteiger partial charge in [-0.3, -0.25) is 14.9 Å². The molecular weight excluding hydrogens is 1050 g/mol. The second-order valence-corrected chi connectivity index (χ2v) is 26.4. The molecule has 1 aromatic rings. The van der Waals surface area contributed by atoms with Gasteiger partial charge in [0.2, 0.25) is 10.0 Å². The van der Waals surface area contributed by atoms with E-state index in [-0.39, 0.29) is 12.2 Å². The van der Waals surface area contributed by atoms with Gasteiger partial charge in [0.1, 0.15) is 52.1 Å². The van der Waals surface area contributed by atoms with Gasteiger partial charge in [-0.15, -0.1) is 0 Å². The number of nitrogens with one attached hydrogen (secondary N) is 3. The summed E-state index contributed by atoms with van der Waals surface area (Å²) in [5, 5.41) is 68.5. The van der Waals surface area contributed by atoms with Crippen molar-refractivity contribution >= 4 is 46.0 Å². The average molecular weight is 1130 g/mol. The van der Waals surface area contributed by atoms with Crippen LogP contribution in [0.25, 0.3) is 0 Å². The number of likely N-dealkylation sites (tertiary alicyclic amines) is 1. The van der Waals surface area contributed by atoms with Gasteiger partial charge in [0.25, 0.3) is 11.6 Å². The Morgan fingerprint density at radius 2 is 1.35 bits per heavy atom. The Bertz CT molecular complexity index is 2530. The van der Waals surface area contributed by atoms with Crippen LogP contribution in [-0.2, 0) is 48.0 Å². The number of aliphatic hydroxyl groups excluding tert-OH is 2.